The molecule has 6 nitrogen and oxygen atoms in total. The number of carboxylic acids is 1. The van der Waals surface area contributed by atoms with E-state index in [4.69, 9.17) is 9.84 Å². The summed E-state index contributed by atoms with van der Waals surface area (Å²) in [5, 5.41) is 18.1. The minimum absolute atomic E-state index is 0.0380. The molecule has 20 heavy (non-hydrogen) atoms. The van der Waals surface area contributed by atoms with E-state index in [1.807, 2.05) is 0 Å². The van der Waals surface area contributed by atoms with Crippen molar-refractivity contribution in [2.24, 2.45) is 0 Å². The molecule has 1 saturated heterocycles. The van der Waals surface area contributed by atoms with Gasteiger partial charge < -0.3 is 14.9 Å². The number of rotatable bonds is 5. The summed E-state index contributed by atoms with van der Waals surface area (Å²) >= 11 is 0. The second kappa shape index (κ2) is 5.40. The number of ether oxygens (including phenoxy) is 1. The number of cyclic esters (lactones) is 1. The highest BCUT2D eigenvalue weighted by Gasteiger charge is 2.41. The molecule has 108 valence electrons. The van der Waals surface area contributed by atoms with Crippen molar-refractivity contribution in [1.29, 1.82) is 0 Å². The highest BCUT2D eigenvalue weighted by molar-refractivity contribution is 5.71. The van der Waals surface area contributed by atoms with Gasteiger partial charge in [-0.2, -0.15) is 0 Å². The first kappa shape index (κ1) is 14.2. The van der Waals surface area contributed by atoms with Crippen molar-refractivity contribution in [1.82, 2.24) is 4.90 Å². The van der Waals surface area contributed by atoms with Crippen molar-refractivity contribution < 1.29 is 24.5 Å². The zero-order chi connectivity index (χ0) is 14.8. The lowest BCUT2D eigenvalue weighted by Gasteiger charge is -2.20. The average Bonchev–Trinajstić information content (AvgIpc) is 2.63. The lowest BCUT2D eigenvalue weighted by Crippen LogP contribution is -2.31. The summed E-state index contributed by atoms with van der Waals surface area (Å²) in [5.74, 6) is -0.766. The van der Waals surface area contributed by atoms with Crippen molar-refractivity contribution in [3.63, 3.8) is 0 Å². The SMILES string of the molecule is CC1(CCC(=O)O)CN(Cc2cccc(O)c2)C(=O)O1. The summed E-state index contributed by atoms with van der Waals surface area (Å²) in [5.41, 5.74) is 0.0242. The molecule has 0 radical (unpaired) electrons. The fourth-order valence-corrected chi connectivity index (χ4v) is 2.27. The Morgan fingerprint density at radius 2 is 2.25 bits per heavy atom. The van der Waals surface area contributed by atoms with E-state index in [0.29, 0.717) is 13.1 Å². The van der Waals surface area contributed by atoms with Crippen LogP contribution in [0, 0.1) is 0 Å². The first-order chi connectivity index (χ1) is 9.38. The molecule has 1 aromatic rings. The van der Waals surface area contributed by atoms with Crippen molar-refractivity contribution in [3.05, 3.63) is 29.8 Å². The molecular formula is C14H17NO5. The number of hydrogen-bond donors (Lipinski definition) is 2. The summed E-state index contributed by atoms with van der Waals surface area (Å²) in [6.07, 6.45) is -0.213. The third-order valence-corrected chi connectivity index (χ3v) is 3.27. The van der Waals surface area contributed by atoms with Crippen LogP contribution in [0.3, 0.4) is 0 Å². The number of aromatic hydroxyl groups is 1. The van der Waals surface area contributed by atoms with Crippen molar-refractivity contribution >= 4 is 12.1 Å². The summed E-state index contributed by atoms with van der Waals surface area (Å²) in [6.45, 7) is 2.40. The number of carbonyl (C=O) groups excluding carboxylic acids is 1. The zero-order valence-corrected chi connectivity index (χ0v) is 11.2. The number of aliphatic carboxylic acids is 1. The fourth-order valence-electron chi connectivity index (χ4n) is 2.27. The van der Waals surface area contributed by atoms with Crippen LogP contribution < -0.4 is 0 Å². The van der Waals surface area contributed by atoms with Crippen LogP contribution in [-0.4, -0.2) is 39.3 Å². The molecule has 2 rings (SSSR count). The van der Waals surface area contributed by atoms with E-state index < -0.39 is 17.7 Å². The Hall–Kier alpha value is -2.24. The molecule has 6 heteroatoms. The van der Waals surface area contributed by atoms with Crippen LogP contribution in [-0.2, 0) is 16.1 Å². The van der Waals surface area contributed by atoms with Gasteiger partial charge in [0.25, 0.3) is 0 Å². The van der Waals surface area contributed by atoms with Crippen LogP contribution in [0.4, 0.5) is 4.79 Å². The number of nitrogens with zero attached hydrogens (tertiary/aromatic N) is 1. The zero-order valence-electron chi connectivity index (χ0n) is 11.2. The fraction of sp³-hybridized carbons (Fsp3) is 0.429. The molecular weight excluding hydrogens is 262 g/mol. The summed E-state index contributed by atoms with van der Waals surface area (Å²) < 4.78 is 5.28. The van der Waals surface area contributed by atoms with Gasteiger partial charge in [-0.1, -0.05) is 12.1 Å². The second-order valence-electron chi connectivity index (χ2n) is 5.24. The van der Waals surface area contributed by atoms with Crippen LogP contribution in [0.2, 0.25) is 0 Å². The maximum atomic E-state index is 11.8. The van der Waals surface area contributed by atoms with Gasteiger partial charge in [-0.15, -0.1) is 0 Å². The molecule has 0 saturated carbocycles. The average molecular weight is 279 g/mol. The molecule has 1 amide bonds. The number of phenolic OH excluding ortho intramolecular Hbond substituents is 1. The van der Waals surface area contributed by atoms with Gasteiger partial charge in [0.1, 0.15) is 11.4 Å². The molecule has 0 spiro atoms. The van der Waals surface area contributed by atoms with Crippen LogP contribution in [0.25, 0.3) is 0 Å². The van der Waals surface area contributed by atoms with Crippen LogP contribution >= 0.6 is 0 Å². The van der Waals surface area contributed by atoms with Crippen LogP contribution in [0.15, 0.2) is 24.3 Å². The third kappa shape index (κ3) is 3.40. The van der Waals surface area contributed by atoms with E-state index in [-0.39, 0.29) is 18.6 Å². The maximum absolute atomic E-state index is 11.8. The van der Waals surface area contributed by atoms with Crippen molar-refractivity contribution in [2.75, 3.05) is 6.54 Å². The van der Waals surface area contributed by atoms with Crippen LogP contribution in [0.1, 0.15) is 25.3 Å². The number of benzene rings is 1. The van der Waals surface area contributed by atoms with E-state index in [0.717, 1.165) is 5.56 Å². The third-order valence-electron chi connectivity index (χ3n) is 3.27. The molecule has 0 aliphatic carbocycles. The first-order valence-electron chi connectivity index (χ1n) is 6.36. The van der Waals surface area contributed by atoms with Gasteiger partial charge in [0, 0.05) is 13.0 Å². The maximum Gasteiger partial charge on any atom is 0.410 e. The van der Waals surface area contributed by atoms with Gasteiger partial charge >= 0.3 is 12.1 Å². The summed E-state index contributed by atoms with van der Waals surface area (Å²) in [6, 6.07) is 6.65. The van der Waals surface area contributed by atoms with Gasteiger partial charge in [-0.25, -0.2) is 4.79 Å². The highest BCUT2D eigenvalue weighted by Crippen LogP contribution is 2.28. The molecule has 1 heterocycles. The topological polar surface area (TPSA) is 87.1 Å². The second-order valence-corrected chi connectivity index (χ2v) is 5.24. The number of amides is 1. The summed E-state index contributed by atoms with van der Waals surface area (Å²) in [4.78, 5) is 23.9. The number of phenols is 1. The van der Waals surface area contributed by atoms with Gasteiger partial charge in [-0.3, -0.25) is 9.69 Å². The predicted octanol–water partition coefficient (Wildman–Crippen LogP) is 1.97. The highest BCUT2D eigenvalue weighted by atomic mass is 16.6. The first-order valence-corrected chi connectivity index (χ1v) is 6.36. The van der Waals surface area contributed by atoms with Gasteiger partial charge in [0.05, 0.1) is 6.54 Å². The van der Waals surface area contributed by atoms with E-state index in [9.17, 15) is 14.7 Å². The van der Waals surface area contributed by atoms with E-state index in [1.165, 1.54) is 4.90 Å². The van der Waals surface area contributed by atoms with Gasteiger partial charge in [-0.05, 0) is 31.0 Å². The molecule has 2 N–H and O–H groups in total. The number of carbonyl (C=O) groups is 2. The lowest BCUT2D eigenvalue weighted by molar-refractivity contribution is -0.138. The smallest absolute Gasteiger partial charge is 0.410 e. The summed E-state index contributed by atoms with van der Waals surface area (Å²) in [7, 11) is 0. The van der Waals surface area contributed by atoms with Gasteiger partial charge in [0.2, 0.25) is 0 Å². The van der Waals surface area contributed by atoms with Gasteiger partial charge in [0.15, 0.2) is 0 Å². The number of hydrogen-bond acceptors (Lipinski definition) is 4. The molecule has 1 unspecified atom stereocenters. The van der Waals surface area contributed by atoms with Crippen LogP contribution in [0.5, 0.6) is 5.75 Å². The predicted molar refractivity (Wildman–Crippen MR) is 70.3 cm³/mol. The molecule has 0 aromatic heterocycles. The Bertz CT molecular complexity index is 530. The lowest BCUT2D eigenvalue weighted by atomic mass is 10.00. The minimum Gasteiger partial charge on any atom is -0.508 e. The normalized spacial score (nSPS) is 21.9. The van der Waals surface area contributed by atoms with Crippen molar-refractivity contribution in [3.8, 4) is 5.75 Å². The largest absolute Gasteiger partial charge is 0.508 e. The molecule has 1 fully saturated rings. The molecule has 1 aliphatic rings. The molecule has 1 aliphatic heterocycles. The number of carboxylic acid groups (broad SMARTS) is 1. The Kier molecular flexibility index (Phi) is 3.83. The standard InChI is InChI=1S/C14H17NO5/c1-14(6-5-12(17)18)9-15(13(19)20-14)8-10-3-2-4-11(16)7-10/h2-4,7,16H,5-6,8-9H2,1H3,(H,17,18). The molecule has 1 aromatic carbocycles. The molecule has 0 bridgehead atoms. The Labute approximate surface area is 116 Å². The minimum atomic E-state index is -0.909. The van der Waals surface area contributed by atoms with E-state index >= 15 is 0 Å². The van der Waals surface area contributed by atoms with E-state index in [2.05, 4.69) is 0 Å². The Morgan fingerprint density at radius 1 is 1.50 bits per heavy atom. The molecule has 1 atom stereocenters. The van der Waals surface area contributed by atoms with Crippen molar-refractivity contribution in [2.45, 2.75) is 31.9 Å². The van der Waals surface area contributed by atoms with E-state index in [1.54, 1.807) is 31.2 Å². The Balaban J connectivity index is 2.00. The quantitative estimate of drug-likeness (QED) is 0.860. The monoisotopic (exact) mass is 279 g/mol. The Morgan fingerprint density at radius 3 is 2.90 bits per heavy atom.